The van der Waals surface area contributed by atoms with Crippen LogP contribution in [0.1, 0.15) is 63.4 Å². The topological polar surface area (TPSA) is 82.1 Å². The number of guanidine groups is 1. The molecule has 31 heavy (non-hydrogen) atoms. The summed E-state index contributed by atoms with van der Waals surface area (Å²) in [5.41, 5.74) is 1.43. The molecule has 2 aliphatic heterocycles. The number of aliphatic imine (C=N–C) groups is 1. The lowest BCUT2D eigenvalue weighted by Crippen LogP contribution is -2.38. The number of hydrogen-bond donors (Lipinski definition) is 1. The van der Waals surface area contributed by atoms with Crippen LogP contribution in [0.5, 0.6) is 0 Å². The van der Waals surface area contributed by atoms with E-state index in [9.17, 15) is 13.8 Å². The van der Waals surface area contributed by atoms with E-state index >= 15 is 0 Å². The number of benzene rings is 1. The first-order valence-electron chi connectivity index (χ1n) is 11.4. The van der Waals surface area contributed by atoms with E-state index in [4.69, 9.17) is 0 Å². The van der Waals surface area contributed by atoms with Gasteiger partial charge in [0.25, 0.3) is 5.91 Å². The monoisotopic (exact) mass is 442 g/mol. The molecule has 2 amide bonds. The quantitative estimate of drug-likeness (QED) is 0.735. The van der Waals surface area contributed by atoms with Gasteiger partial charge in [0, 0.05) is 36.7 Å². The summed E-state index contributed by atoms with van der Waals surface area (Å²) in [5.74, 6) is 1.33. The predicted octanol–water partition coefficient (Wildman–Crippen LogP) is 2.83. The molecule has 1 unspecified atom stereocenters. The molecular weight excluding hydrogens is 412 g/mol. The summed E-state index contributed by atoms with van der Waals surface area (Å²) in [6, 6.07) is 6.08. The maximum Gasteiger partial charge on any atom is 0.252 e. The van der Waals surface area contributed by atoms with E-state index in [0.29, 0.717) is 37.1 Å². The van der Waals surface area contributed by atoms with Crippen molar-refractivity contribution in [1.82, 2.24) is 15.1 Å². The minimum absolute atomic E-state index is 0.0470. The normalized spacial score (nSPS) is 22.4. The van der Waals surface area contributed by atoms with Gasteiger partial charge in [0.05, 0.1) is 16.5 Å². The Morgan fingerprint density at radius 1 is 1.29 bits per heavy atom. The van der Waals surface area contributed by atoms with Gasteiger partial charge in [0.2, 0.25) is 11.9 Å². The number of rotatable bonds is 6. The molecule has 7 nitrogen and oxygen atoms in total. The molecule has 1 saturated heterocycles. The van der Waals surface area contributed by atoms with Crippen LogP contribution in [0.4, 0.5) is 5.69 Å². The maximum atomic E-state index is 12.9. The van der Waals surface area contributed by atoms with Gasteiger partial charge in [-0.2, -0.15) is 0 Å². The van der Waals surface area contributed by atoms with Crippen LogP contribution in [0.3, 0.4) is 0 Å². The molecular formula is C23H30N4O3S. The number of hydrogen-bond acceptors (Lipinski definition) is 5. The molecule has 0 bridgehead atoms. The van der Waals surface area contributed by atoms with Gasteiger partial charge < -0.3 is 9.80 Å². The zero-order valence-electron chi connectivity index (χ0n) is 18.1. The lowest BCUT2D eigenvalue weighted by molar-refractivity contribution is -0.132. The first-order chi connectivity index (χ1) is 15.0. The molecule has 2 heterocycles. The van der Waals surface area contributed by atoms with Crippen LogP contribution in [0, 0.1) is 0 Å². The van der Waals surface area contributed by atoms with Crippen molar-refractivity contribution >= 4 is 34.3 Å². The van der Waals surface area contributed by atoms with Crippen LogP contribution in [-0.2, 0) is 26.9 Å². The van der Waals surface area contributed by atoms with Crippen molar-refractivity contribution in [1.29, 1.82) is 0 Å². The van der Waals surface area contributed by atoms with Gasteiger partial charge >= 0.3 is 0 Å². The highest BCUT2D eigenvalue weighted by molar-refractivity contribution is 7.85. The van der Waals surface area contributed by atoms with E-state index in [1.165, 1.54) is 19.3 Å². The average molecular weight is 443 g/mol. The Kier molecular flexibility index (Phi) is 5.36. The highest BCUT2D eigenvalue weighted by atomic mass is 32.2. The second-order valence-electron chi connectivity index (χ2n) is 9.25. The van der Waals surface area contributed by atoms with Gasteiger partial charge in [-0.3, -0.25) is 19.1 Å². The molecule has 2 aliphatic carbocycles. The van der Waals surface area contributed by atoms with Crippen LogP contribution >= 0.6 is 0 Å². The van der Waals surface area contributed by atoms with E-state index < -0.39 is 16.3 Å². The smallest absolute Gasteiger partial charge is 0.252 e. The Labute approximate surface area is 185 Å². The Morgan fingerprint density at radius 3 is 2.81 bits per heavy atom. The van der Waals surface area contributed by atoms with E-state index in [1.807, 2.05) is 30.1 Å². The molecule has 1 aromatic rings. The van der Waals surface area contributed by atoms with E-state index in [1.54, 1.807) is 0 Å². The number of carbonyl (C=O) groups is 2. The number of nitrogens with one attached hydrogen (secondary N) is 1. The summed E-state index contributed by atoms with van der Waals surface area (Å²) in [6.45, 7) is 0.614. The van der Waals surface area contributed by atoms with Crippen LogP contribution in [-0.4, -0.2) is 56.2 Å². The molecule has 8 heteroatoms. The second-order valence-corrected chi connectivity index (χ2v) is 10.8. The first-order valence-corrected chi connectivity index (χ1v) is 12.7. The van der Waals surface area contributed by atoms with Crippen molar-refractivity contribution in [3.05, 3.63) is 23.8 Å². The molecule has 1 aromatic carbocycles. The minimum atomic E-state index is -1.15. The van der Waals surface area contributed by atoms with Crippen molar-refractivity contribution in [2.45, 2.75) is 80.8 Å². The summed E-state index contributed by atoms with van der Waals surface area (Å²) in [6.07, 6.45) is 8.69. The van der Waals surface area contributed by atoms with Crippen molar-refractivity contribution < 1.29 is 13.8 Å². The SMILES string of the molecule is CN(C(=O)CCCS(=O)c1ccc2c(c1)CN1C(=N2)NC(=O)C12CC2)C1CCCCC1. The second kappa shape index (κ2) is 8.04. The summed E-state index contributed by atoms with van der Waals surface area (Å²) in [5, 5.41) is 2.90. The summed E-state index contributed by atoms with van der Waals surface area (Å²) >= 11 is 0. The molecule has 166 valence electrons. The Morgan fingerprint density at radius 2 is 2.06 bits per heavy atom. The van der Waals surface area contributed by atoms with Crippen molar-refractivity contribution in [2.24, 2.45) is 4.99 Å². The molecule has 0 aromatic heterocycles. The maximum absolute atomic E-state index is 12.9. The van der Waals surface area contributed by atoms with Gasteiger partial charge in [-0.05, 0) is 55.9 Å². The molecule has 1 atom stereocenters. The molecule has 3 fully saturated rings. The number of nitrogens with zero attached hydrogens (tertiary/aromatic N) is 3. The first kappa shape index (κ1) is 20.7. The summed E-state index contributed by atoms with van der Waals surface area (Å²) in [4.78, 5) is 34.1. The zero-order chi connectivity index (χ0) is 21.6. The highest BCUT2D eigenvalue weighted by Gasteiger charge is 2.61. The van der Waals surface area contributed by atoms with Crippen molar-refractivity contribution in [3.8, 4) is 0 Å². The highest BCUT2D eigenvalue weighted by Crippen LogP contribution is 2.47. The average Bonchev–Trinajstić information content (AvgIpc) is 3.55. The van der Waals surface area contributed by atoms with E-state index in [-0.39, 0.29) is 11.8 Å². The lowest BCUT2D eigenvalue weighted by atomic mass is 9.94. The number of amides is 2. The number of carbonyl (C=O) groups excluding carboxylic acids is 2. The number of fused-ring (bicyclic) bond motifs is 3. The standard InChI is InChI=1S/C23H30N4O3S/c1-26(17-6-3-2-4-7-17)20(28)8-5-13-31(30)18-9-10-19-16(14-18)15-27-22(24-19)25-21(29)23(27)11-12-23/h9-10,14,17H,2-8,11-13,15H2,1H3,(H,24,25,29). The molecule has 1 N–H and O–H groups in total. The Bertz CT molecular complexity index is 966. The van der Waals surface area contributed by atoms with Gasteiger partial charge in [0.15, 0.2) is 0 Å². The van der Waals surface area contributed by atoms with Crippen LogP contribution in [0.2, 0.25) is 0 Å². The predicted molar refractivity (Wildman–Crippen MR) is 119 cm³/mol. The fraction of sp³-hybridized carbons (Fsp3) is 0.609. The van der Waals surface area contributed by atoms with Crippen molar-refractivity contribution in [3.63, 3.8) is 0 Å². The van der Waals surface area contributed by atoms with Crippen molar-refractivity contribution in [2.75, 3.05) is 12.8 Å². The Hall–Kier alpha value is -2.22. The molecule has 1 spiro atoms. The van der Waals surface area contributed by atoms with Gasteiger partial charge in [-0.15, -0.1) is 0 Å². The van der Waals surface area contributed by atoms with Crippen LogP contribution < -0.4 is 5.32 Å². The lowest BCUT2D eigenvalue weighted by Gasteiger charge is -2.31. The Balaban J connectivity index is 1.18. The fourth-order valence-corrected chi connectivity index (χ4v) is 6.22. The van der Waals surface area contributed by atoms with Gasteiger partial charge in [0.1, 0.15) is 5.54 Å². The molecule has 0 radical (unpaired) electrons. The van der Waals surface area contributed by atoms with E-state index in [0.717, 1.165) is 41.8 Å². The largest absolute Gasteiger partial charge is 0.343 e. The molecule has 4 aliphatic rings. The third kappa shape index (κ3) is 3.79. The molecule has 5 rings (SSSR count). The minimum Gasteiger partial charge on any atom is -0.343 e. The third-order valence-corrected chi connectivity index (χ3v) is 8.69. The van der Waals surface area contributed by atoms with Gasteiger partial charge in [-0.25, -0.2) is 4.99 Å². The van der Waals surface area contributed by atoms with Crippen LogP contribution in [0.25, 0.3) is 0 Å². The summed E-state index contributed by atoms with van der Waals surface area (Å²) < 4.78 is 12.9. The fourth-order valence-electron chi connectivity index (χ4n) is 5.08. The molecule has 2 saturated carbocycles. The summed E-state index contributed by atoms with van der Waals surface area (Å²) in [7, 11) is 0.762. The van der Waals surface area contributed by atoms with Crippen LogP contribution in [0.15, 0.2) is 28.1 Å². The zero-order valence-corrected chi connectivity index (χ0v) is 18.9. The van der Waals surface area contributed by atoms with E-state index in [2.05, 4.69) is 15.2 Å². The third-order valence-electron chi connectivity index (χ3n) is 7.25. The van der Waals surface area contributed by atoms with Gasteiger partial charge in [-0.1, -0.05) is 19.3 Å².